The highest BCUT2D eigenvalue weighted by molar-refractivity contribution is 5.98. The minimum atomic E-state index is -0.286. The second kappa shape index (κ2) is 5.26. The van der Waals surface area contributed by atoms with E-state index in [2.05, 4.69) is 4.98 Å². The molecule has 1 saturated heterocycles. The van der Waals surface area contributed by atoms with Crippen LogP contribution in [-0.4, -0.2) is 52.8 Å². The molecular weight excluding hydrogens is 256 g/mol. The standard InChI is InChI=1S/C15H18N2O3/c1-10-9-20-13(8-18)7-17(10)15(19)12-2-3-14-11(6-12)4-5-16-14/h2-6,10,13,16,18H,7-9H2,1H3. The molecule has 0 saturated carbocycles. The summed E-state index contributed by atoms with van der Waals surface area (Å²) in [5.41, 5.74) is 1.69. The number of amides is 1. The van der Waals surface area contributed by atoms with Gasteiger partial charge >= 0.3 is 0 Å². The summed E-state index contributed by atoms with van der Waals surface area (Å²) in [6.07, 6.45) is 1.57. The molecule has 1 amide bonds. The minimum absolute atomic E-state index is 0.0117. The van der Waals surface area contributed by atoms with E-state index >= 15 is 0 Å². The van der Waals surface area contributed by atoms with Crippen LogP contribution in [0.25, 0.3) is 10.9 Å². The van der Waals surface area contributed by atoms with Gasteiger partial charge in [-0.2, -0.15) is 0 Å². The zero-order valence-corrected chi connectivity index (χ0v) is 11.4. The first-order valence-electron chi connectivity index (χ1n) is 6.79. The summed E-state index contributed by atoms with van der Waals surface area (Å²) in [7, 11) is 0. The minimum Gasteiger partial charge on any atom is -0.394 e. The molecule has 0 radical (unpaired) electrons. The molecule has 0 spiro atoms. The fourth-order valence-corrected chi connectivity index (χ4v) is 2.56. The fraction of sp³-hybridized carbons (Fsp3) is 0.400. The van der Waals surface area contributed by atoms with Gasteiger partial charge in [-0.3, -0.25) is 4.79 Å². The van der Waals surface area contributed by atoms with Gasteiger partial charge in [0.1, 0.15) is 0 Å². The first-order chi connectivity index (χ1) is 9.69. The van der Waals surface area contributed by atoms with E-state index in [1.807, 2.05) is 37.4 Å². The van der Waals surface area contributed by atoms with Crippen LogP contribution in [0.15, 0.2) is 30.5 Å². The summed E-state index contributed by atoms with van der Waals surface area (Å²) in [5.74, 6) is -0.0117. The molecule has 5 heteroatoms. The molecule has 20 heavy (non-hydrogen) atoms. The molecule has 1 aromatic heterocycles. The van der Waals surface area contributed by atoms with Gasteiger partial charge in [-0.25, -0.2) is 0 Å². The molecule has 1 aliphatic heterocycles. The fourth-order valence-electron chi connectivity index (χ4n) is 2.56. The van der Waals surface area contributed by atoms with Crippen LogP contribution in [0.3, 0.4) is 0 Å². The molecular formula is C15H18N2O3. The number of carbonyl (C=O) groups is 1. The Hall–Kier alpha value is -1.85. The van der Waals surface area contributed by atoms with Crippen LogP contribution >= 0.6 is 0 Å². The monoisotopic (exact) mass is 274 g/mol. The number of aromatic amines is 1. The molecule has 106 valence electrons. The zero-order chi connectivity index (χ0) is 14.1. The van der Waals surface area contributed by atoms with Crippen molar-refractivity contribution in [2.45, 2.75) is 19.1 Å². The molecule has 2 unspecified atom stereocenters. The van der Waals surface area contributed by atoms with Crippen LogP contribution in [0.2, 0.25) is 0 Å². The number of fused-ring (bicyclic) bond motifs is 1. The van der Waals surface area contributed by atoms with Crippen molar-refractivity contribution in [1.82, 2.24) is 9.88 Å². The number of aliphatic hydroxyl groups is 1. The molecule has 2 heterocycles. The lowest BCUT2D eigenvalue weighted by Crippen LogP contribution is -2.52. The molecule has 3 rings (SSSR count). The maximum atomic E-state index is 12.6. The molecule has 0 bridgehead atoms. The Bertz CT molecular complexity index is 622. The first kappa shape index (κ1) is 13.1. The quantitative estimate of drug-likeness (QED) is 0.869. The van der Waals surface area contributed by atoms with Crippen LogP contribution in [0.1, 0.15) is 17.3 Å². The first-order valence-corrected chi connectivity index (χ1v) is 6.79. The van der Waals surface area contributed by atoms with Crippen molar-refractivity contribution in [3.05, 3.63) is 36.0 Å². The summed E-state index contributed by atoms with van der Waals surface area (Å²) in [4.78, 5) is 17.5. The molecule has 1 fully saturated rings. The molecule has 5 nitrogen and oxygen atoms in total. The highest BCUT2D eigenvalue weighted by Gasteiger charge is 2.29. The average Bonchev–Trinajstić information content (AvgIpc) is 2.94. The normalized spacial score (nSPS) is 23.2. The van der Waals surface area contributed by atoms with E-state index < -0.39 is 0 Å². The zero-order valence-electron chi connectivity index (χ0n) is 11.4. The Labute approximate surface area is 117 Å². The third kappa shape index (κ3) is 2.30. The van der Waals surface area contributed by atoms with E-state index in [1.54, 1.807) is 4.90 Å². The van der Waals surface area contributed by atoms with E-state index in [-0.39, 0.29) is 24.7 Å². The number of hydrogen-bond donors (Lipinski definition) is 2. The Balaban J connectivity index is 1.86. The number of aliphatic hydroxyl groups excluding tert-OH is 1. The van der Waals surface area contributed by atoms with Crippen molar-refractivity contribution in [3.63, 3.8) is 0 Å². The number of morpholine rings is 1. The molecule has 0 aliphatic carbocycles. The number of rotatable bonds is 2. The number of ether oxygens (including phenoxy) is 1. The Morgan fingerprint density at radius 3 is 3.15 bits per heavy atom. The van der Waals surface area contributed by atoms with Gasteiger partial charge in [-0.05, 0) is 31.2 Å². The van der Waals surface area contributed by atoms with Crippen molar-refractivity contribution in [3.8, 4) is 0 Å². The topological polar surface area (TPSA) is 65.6 Å². The summed E-state index contributed by atoms with van der Waals surface area (Å²) < 4.78 is 5.46. The Kier molecular flexibility index (Phi) is 3.46. The van der Waals surface area contributed by atoms with Crippen molar-refractivity contribution >= 4 is 16.8 Å². The maximum Gasteiger partial charge on any atom is 0.254 e. The van der Waals surface area contributed by atoms with E-state index in [0.29, 0.717) is 18.7 Å². The third-order valence-corrected chi connectivity index (χ3v) is 3.77. The molecule has 2 aromatic rings. The molecule has 1 aliphatic rings. The highest BCUT2D eigenvalue weighted by Crippen LogP contribution is 2.19. The summed E-state index contributed by atoms with van der Waals surface area (Å²) in [6.45, 7) is 2.79. The molecule has 2 atom stereocenters. The second-order valence-electron chi connectivity index (χ2n) is 5.22. The highest BCUT2D eigenvalue weighted by atomic mass is 16.5. The number of aromatic nitrogens is 1. The lowest BCUT2D eigenvalue weighted by atomic mass is 10.1. The van der Waals surface area contributed by atoms with Crippen LogP contribution in [0, 0.1) is 0 Å². The third-order valence-electron chi connectivity index (χ3n) is 3.77. The largest absolute Gasteiger partial charge is 0.394 e. The predicted octanol–water partition coefficient (Wildman–Crippen LogP) is 1.39. The van der Waals surface area contributed by atoms with Gasteiger partial charge in [0, 0.05) is 29.2 Å². The van der Waals surface area contributed by atoms with Gasteiger partial charge in [0.2, 0.25) is 0 Å². The molecule has 2 N–H and O–H groups in total. The second-order valence-corrected chi connectivity index (χ2v) is 5.22. The Morgan fingerprint density at radius 1 is 1.50 bits per heavy atom. The van der Waals surface area contributed by atoms with Gasteiger partial charge in [-0.1, -0.05) is 0 Å². The van der Waals surface area contributed by atoms with E-state index in [1.165, 1.54) is 0 Å². The lowest BCUT2D eigenvalue weighted by molar-refractivity contribution is -0.0667. The van der Waals surface area contributed by atoms with Crippen molar-refractivity contribution < 1.29 is 14.6 Å². The number of carbonyl (C=O) groups excluding carboxylic acids is 1. The number of H-pyrrole nitrogens is 1. The van der Waals surface area contributed by atoms with E-state index in [9.17, 15) is 9.90 Å². The van der Waals surface area contributed by atoms with Gasteiger partial charge in [0.05, 0.1) is 25.4 Å². The van der Waals surface area contributed by atoms with Gasteiger partial charge < -0.3 is 19.7 Å². The van der Waals surface area contributed by atoms with Gasteiger partial charge in [0.25, 0.3) is 5.91 Å². The van der Waals surface area contributed by atoms with Crippen LogP contribution in [0.5, 0.6) is 0 Å². The Morgan fingerprint density at radius 2 is 2.35 bits per heavy atom. The van der Waals surface area contributed by atoms with Crippen molar-refractivity contribution in [1.29, 1.82) is 0 Å². The van der Waals surface area contributed by atoms with E-state index in [0.717, 1.165) is 10.9 Å². The number of benzene rings is 1. The van der Waals surface area contributed by atoms with Crippen LogP contribution in [-0.2, 0) is 4.74 Å². The number of nitrogens with one attached hydrogen (secondary N) is 1. The van der Waals surface area contributed by atoms with Crippen LogP contribution < -0.4 is 0 Å². The van der Waals surface area contributed by atoms with Crippen molar-refractivity contribution in [2.24, 2.45) is 0 Å². The lowest BCUT2D eigenvalue weighted by Gasteiger charge is -2.37. The summed E-state index contributed by atoms with van der Waals surface area (Å²) >= 11 is 0. The molecule has 1 aromatic carbocycles. The van der Waals surface area contributed by atoms with Gasteiger partial charge in [-0.15, -0.1) is 0 Å². The summed E-state index contributed by atoms with van der Waals surface area (Å²) in [6, 6.07) is 7.61. The predicted molar refractivity (Wildman–Crippen MR) is 75.6 cm³/mol. The van der Waals surface area contributed by atoms with Gasteiger partial charge in [0.15, 0.2) is 0 Å². The smallest absolute Gasteiger partial charge is 0.254 e. The average molecular weight is 274 g/mol. The number of hydrogen-bond acceptors (Lipinski definition) is 3. The SMILES string of the molecule is CC1COC(CO)CN1C(=O)c1ccc2[nH]ccc2c1. The van der Waals surface area contributed by atoms with Crippen LogP contribution in [0.4, 0.5) is 0 Å². The summed E-state index contributed by atoms with van der Waals surface area (Å²) in [5, 5.41) is 10.2. The maximum absolute atomic E-state index is 12.6. The van der Waals surface area contributed by atoms with Crippen molar-refractivity contribution in [2.75, 3.05) is 19.8 Å². The number of nitrogens with zero attached hydrogens (tertiary/aromatic N) is 1. The van der Waals surface area contributed by atoms with E-state index in [4.69, 9.17) is 4.74 Å².